The van der Waals surface area contributed by atoms with Crippen LogP contribution in [0.3, 0.4) is 0 Å². The van der Waals surface area contributed by atoms with Crippen LogP contribution in [0.5, 0.6) is 0 Å². The number of benzene rings is 1. The number of aliphatic carboxylic acids is 1. The van der Waals surface area contributed by atoms with E-state index < -0.39 is 17.3 Å². The highest BCUT2D eigenvalue weighted by molar-refractivity contribution is 5.72. The molecule has 0 saturated carbocycles. The summed E-state index contributed by atoms with van der Waals surface area (Å²) in [5.74, 6) is -1.17. The molecule has 0 fully saturated rings. The summed E-state index contributed by atoms with van der Waals surface area (Å²) >= 11 is 0. The lowest BCUT2D eigenvalue weighted by Gasteiger charge is -2.03. The molecule has 1 N–H and O–H groups in total. The minimum Gasteiger partial charge on any atom is -0.481 e. The zero-order valence-electron chi connectivity index (χ0n) is 8.43. The number of nitrogens with zero attached hydrogens (tertiary/aromatic N) is 2. The van der Waals surface area contributed by atoms with Crippen LogP contribution < -0.4 is 0 Å². The third kappa shape index (κ3) is 2.33. The summed E-state index contributed by atoms with van der Waals surface area (Å²) in [6, 6.07) is 4.33. The van der Waals surface area contributed by atoms with Gasteiger partial charge in [-0.15, -0.1) is 0 Å². The van der Waals surface area contributed by atoms with Crippen molar-refractivity contribution in [1.82, 2.24) is 0 Å². The molecular formula is C10H8N2O4. The Balaban J connectivity index is 3.37. The first kappa shape index (κ1) is 11.7. The fourth-order valence-electron chi connectivity index (χ4n) is 1.33. The molecule has 0 amide bonds. The second kappa shape index (κ2) is 4.40. The van der Waals surface area contributed by atoms with Crippen molar-refractivity contribution < 1.29 is 14.8 Å². The van der Waals surface area contributed by atoms with E-state index in [9.17, 15) is 14.9 Å². The van der Waals surface area contributed by atoms with Gasteiger partial charge >= 0.3 is 5.97 Å². The maximum atomic E-state index is 10.7. The standard InChI is InChI=1S/C10H8N2O4/c1-6-2-9(12(15)16)7(4-10(13)14)3-8(6)5-11/h2-3H,4H2,1H3,(H,13,14). The van der Waals surface area contributed by atoms with E-state index in [1.54, 1.807) is 6.92 Å². The van der Waals surface area contributed by atoms with E-state index >= 15 is 0 Å². The Kier molecular flexibility index (Phi) is 3.20. The fourth-order valence-corrected chi connectivity index (χ4v) is 1.33. The number of nitro groups is 1. The summed E-state index contributed by atoms with van der Waals surface area (Å²) in [5, 5.41) is 28.0. The zero-order chi connectivity index (χ0) is 12.3. The Morgan fingerprint density at radius 2 is 2.25 bits per heavy atom. The summed E-state index contributed by atoms with van der Waals surface area (Å²) < 4.78 is 0. The smallest absolute Gasteiger partial charge is 0.308 e. The highest BCUT2D eigenvalue weighted by Crippen LogP contribution is 2.23. The van der Waals surface area contributed by atoms with Crippen molar-refractivity contribution in [2.75, 3.05) is 0 Å². The number of nitriles is 1. The number of carboxylic acids is 1. The van der Waals surface area contributed by atoms with Crippen molar-refractivity contribution >= 4 is 11.7 Å². The van der Waals surface area contributed by atoms with Gasteiger partial charge in [0.25, 0.3) is 5.69 Å². The van der Waals surface area contributed by atoms with Crippen LogP contribution in [0.1, 0.15) is 16.7 Å². The van der Waals surface area contributed by atoms with E-state index in [0.717, 1.165) is 0 Å². The second-order valence-corrected chi connectivity index (χ2v) is 3.24. The molecule has 0 aromatic heterocycles. The van der Waals surface area contributed by atoms with Crippen LogP contribution in [0.25, 0.3) is 0 Å². The Morgan fingerprint density at radius 1 is 1.62 bits per heavy atom. The van der Waals surface area contributed by atoms with Gasteiger partial charge in [0.1, 0.15) is 0 Å². The van der Waals surface area contributed by atoms with Gasteiger partial charge in [0.05, 0.1) is 23.0 Å². The Hall–Kier alpha value is -2.42. The number of rotatable bonds is 3. The number of nitro benzene ring substituents is 1. The van der Waals surface area contributed by atoms with Gasteiger partial charge in [-0.1, -0.05) is 0 Å². The van der Waals surface area contributed by atoms with Crippen LogP contribution in [-0.4, -0.2) is 16.0 Å². The lowest BCUT2D eigenvalue weighted by Crippen LogP contribution is -2.05. The molecule has 1 aromatic carbocycles. The number of aryl methyl sites for hydroxylation is 1. The molecule has 0 unspecified atom stereocenters. The van der Waals surface area contributed by atoms with E-state index in [2.05, 4.69) is 0 Å². The normalized spacial score (nSPS) is 9.50. The van der Waals surface area contributed by atoms with Crippen molar-refractivity contribution in [3.8, 4) is 6.07 Å². The molecule has 6 nitrogen and oxygen atoms in total. The van der Waals surface area contributed by atoms with Crippen LogP contribution in [0.15, 0.2) is 12.1 Å². The zero-order valence-corrected chi connectivity index (χ0v) is 8.43. The highest BCUT2D eigenvalue weighted by atomic mass is 16.6. The molecular weight excluding hydrogens is 212 g/mol. The van der Waals surface area contributed by atoms with Crippen LogP contribution in [0.4, 0.5) is 5.69 Å². The van der Waals surface area contributed by atoms with Crippen molar-refractivity contribution in [3.05, 3.63) is 38.9 Å². The van der Waals surface area contributed by atoms with Crippen molar-refractivity contribution in [3.63, 3.8) is 0 Å². The van der Waals surface area contributed by atoms with E-state index in [0.29, 0.717) is 5.56 Å². The molecule has 0 aliphatic rings. The predicted molar refractivity (Wildman–Crippen MR) is 53.9 cm³/mol. The summed E-state index contributed by atoms with van der Waals surface area (Å²) in [7, 11) is 0. The van der Waals surface area contributed by atoms with Crippen molar-refractivity contribution in [1.29, 1.82) is 5.26 Å². The monoisotopic (exact) mass is 220 g/mol. The molecule has 0 aliphatic heterocycles. The molecule has 6 heteroatoms. The minimum absolute atomic E-state index is 0.0413. The average molecular weight is 220 g/mol. The predicted octanol–water partition coefficient (Wildman–Crippen LogP) is 1.40. The van der Waals surface area contributed by atoms with Crippen LogP contribution >= 0.6 is 0 Å². The molecule has 82 valence electrons. The van der Waals surface area contributed by atoms with Crippen LogP contribution in [0, 0.1) is 28.4 Å². The van der Waals surface area contributed by atoms with E-state index in [1.165, 1.54) is 12.1 Å². The molecule has 1 aromatic rings. The number of carbonyl (C=O) groups is 1. The average Bonchev–Trinajstić information content (AvgIpc) is 2.19. The molecule has 0 atom stereocenters. The maximum absolute atomic E-state index is 10.7. The van der Waals surface area contributed by atoms with Gasteiger partial charge < -0.3 is 5.11 Å². The van der Waals surface area contributed by atoms with E-state index in [4.69, 9.17) is 10.4 Å². The molecule has 0 radical (unpaired) electrons. The summed E-state index contributed by atoms with van der Waals surface area (Å²) in [6.45, 7) is 1.57. The van der Waals surface area contributed by atoms with Gasteiger partial charge in [0.2, 0.25) is 0 Å². The molecule has 0 saturated heterocycles. The summed E-state index contributed by atoms with van der Waals surface area (Å²) in [6.07, 6.45) is -0.467. The molecule has 0 aliphatic carbocycles. The van der Waals surface area contributed by atoms with Gasteiger partial charge in [-0.05, 0) is 18.6 Å². The number of hydrogen-bond acceptors (Lipinski definition) is 4. The van der Waals surface area contributed by atoms with Crippen LogP contribution in [-0.2, 0) is 11.2 Å². The highest BCUT2D eigenvalue weighted by Gasteiger charge is 2.18. The largest absolute Gasteiger partial charge is 0.481 e. The van der Waals surface area contributed by atoms with Gasteiger partial charge in [-0.3, -0.25) is 14.9 Å². The molecule has 0 heterocycles. The first-order valence-corrected chi connectivity index (χ1v) is 4.35. The maximum Gasteiger partial charge on any atom is 0.308 e. The van der Waals surface area contributed by atoms with E-state index in [1.807, 2.05) is 6.07 Å². The van der Waals surface area contributed by atoms with Gasteiger partial charge in [0, 0.05) is 11.6 Å². The Morgan fingerprint density at radius 3 is 2.69 bits per heavy atom. The second-order valence-electron chi connectivity index (χ2n) is 3.24. The fraction of sp³-hybridized carbons (Fsp3) is 0.200. The molecule has 0 bridgehead atoms. The lowest BCUT2D eigenvalue weighted by molar-refractivity contribution is -0.385. The topological polar surface area (TPSA) is 104 Å². The quantitative estimate of drug-likeness (QED) is 0.612. The molecule has 16 heavy (non-hydrogen) atoms. The third-order valence-corrected chi connectivity index (χ3v) is 2.08. The number of hydrogen-bond donors (Lipinski definition) is 1. The number of carboxylic acid groups (broad SMARTS) is 1. The van der Waals surface area contributed by atoms with Crippen molar-refractivity contribution in [2.24, 2.45) is 0 Å². The van der Waals surface area contributed by atoms with Gasteiger partial charge in [0.15, 0.2) is 0 Å². The Labute approximate surface area is 90.9 Å². The first-order chi connectivity index (χ1) is 7.45. The third-order valence-electron chi connectivity index (χ3n) is 2.08. The van der Waals surface area contributed by atoms with E-state index in [-0.39, 0.29) is 16.8 Å². The molecule has 0 spiro atoms. The summed E-state index contributed by atoms with van der Waals surface area (Å²) in [5.41, 5.74) is 0.490. The summed E-state index contributed by atoms with van der Waals surface area (Å²) in [4.78, 5) is 20.6. The first-order valence-electron chi connectivity index (χ1n) is 4.35. The van der Waals surface area contributed by atoms with Gasteiger partial charge in [-0.2, -0.15) is 5.26 Å². The molecule has 1 rings (SSSR count). The van der Waals surface area contributed by atoms with Gasteiger partial charge in [-0.25, -0.2) is 0 Å². The van der Waals surface area contributed by atoms with Crippen LogP contribution in [0.2, 0.25) is 0 Å². The SMILES string of the molecule is Cc1cc([N+](=O)[O-])c(CC(=O)O)cc1C#N. The van der Waals surface area contributed by atoms with Crippen molar-refractivity contribution in [2.45, 2.75) is 13.3 Å². The lowest BCUT2D eigenvalue weighted by atomic mass is 10.0. The minimum atomic E-state index is -1.17. The Bertz CT molecular complexity index is 502.